The average molecular weight is 210 g/mol. The second-order valence-electron chi connectivity index (χ2n) is 2.74. The van der Waals surface area contributed by atoms with E-state index >= 15 is 0 Å². The van der Waals surface area contributed by atoms with Crippen molar-refractivity contribution in [1.29, 1.82) is 0 Å². The van der Waals surface area contributed by atoms with Gasteiger partial charge in [-0.3, -0.25) is 4.68 Å². The van der Waals surface area contributed by atoms with Crippen LogP contribution in [-0.4, -0.2) is 30.9 Å². The molecule has 1 N–H and O–H groups in total. The minimum atomic E-state index is 0.776. The van der Waals surface area contributed by atoms with Gasteiger partial charge in [0.05, 0.1) is 12.7 Å². The first kappa shape index (κ1) is 9.07. The van der Waals surface area contributed by atoms with Crippen molar-refractivity contribution in [1.82, 2.24) is 24.4 Å². The summed E-state index contributed by atoms with van der Waals surface area (Å²) in [4.78, 5) is 4.18. The minimum absolute atomic E-state index is 0.776. The van der Waals surface area contributed by atoms with E-state index in [4.69, 9.17) is 0 Å². The van der Waals surface area contributed by atoms with Crippen LogP contribution < -0.4 is 5.32 Å². The van der Waals surface area contributed by atoms with E-state index in [0.29, 0.717) is 0 Å². The second kappa shape index (κ2) is 4.14. The van der Waals surface area contributed by atoms with Crippen LogP contribution in [0.2, 0.25) is 0 Å². The van der Waals surface area contributed by atoms with Gasteiger partial charge in [0, 0.05) is 24.3 Å². The molecule has 0 fully saturated rings. The van der Waals surface area contributed by atoms with E-state index < -0.39 is 0 Å². The summed E-state index contributed by atoms with van der Waals surface area (Å²) in [5.74, 6) is 0.804. The van der Waals surface area contributed by atoms with Gasteiger partial charge in [-0.05, 0) is 6.92 Å². The van der Waals surface area contributed by atoms with Gasteiger partial charge in [-0.2, -0.15) is 4.37 Å². The fourth-order valence-electron chi connectivity index (χ4n) is 0.998. The number of hydrogen-bond donors (Lipinski definition) is 1. The molecule has 0 atom stereocenters. The lowest BCUT2D eigenvalue weighted by molar-refractivity contribution is 0.608. The largest absolute Gasteiger partial charge is 0.358 e. The Morgan fingerprint density at radius 2 is 2.50 bits per heavy atom. The second-order valence-corrected chi connectivity index (χ2v) is 3.49. The molecule has 0 bridgehead atoms. The number of nitrogens with one attached hydrogen (secondary N) is 1. The first-order valence-electron chi connectivity index (χ1n) is 4.23. The zero-order chi connectivity index (χ0) is 9.80. The topological polar surface area (TPSA) is 68.5 Å². The summed E-state index contributed by atoms with van der Waals surface area (Å²) >= 11 is 1.37. The van der Waals surface area contributed by atoms with Crippen LogP contribution in [0.1, 0.15) is 5.82 Å². The molecule has 0 aliphatic carbocycles. The first-order valence-corrected chi connectivity index (χ1v) is 5.00. The van der Waals surface area contributed by atoms with Crippen molar-refractivity contribution in [2.24, 2.45) is 0 Å². The van der Waals surface area contributed by atoms with Crippen LogP contribution in [0.5, 0.6) is 0 Å². The predicted octanol–water partition coefficient (Wildman–Crippen LogP) is 0.550. The Kier molecular flexibility index (Phi) is 2.68. The molecule has 2 heterocycles. The van der Waals surface area contributed by atoms with Crippen LogP contribution in [0, 0.1) is 6.92 Å². The van der Waals surface area contributed by atoms with Gasteiger partial charge in [0.15, 0.2) is 0 Å². The zero-order valence-electron chi connectivity index (χ0n) is 7.71. The molecule has 2 rings (SSSR count). The van der Waals surface area contributed by atoms with Gasteiger partial charge in [0.25, 0.3) is 0 Å². The third kappa shape index (κ3) is 2.25. The monoisotopic (exact) mass is 210 g/mol. The molecule has 0 aliphatic rings. The van der Waals surface area contributed by atoms with Crippen molar-refractivity contribution < 1.29 is 0 Å². The highest BCUT2D eigenvalue weighted by molar-refractivity contribution is 7.09. The third-order valence-electron chi connectivity index (χ3n) is 1.62. The van der Waals surface area contributed by atoms with Crippen LogP contribution in [0.4, 0.5) is 5.13 Å². The number of nitrogens with zero attached hydrogens (tertiary/aromatic N) is 5. The van der Waals surface area contributed by atoms with Gasteiger partial charge in [-0.25, -0.2) is 4.98 Å². The van der Waals surface area contributed by atoms with Crippen LogP contribution in [0.3, 0.4) is 0 Å². The fraction of sp³-hybridized carbons (Fsp3) is 0.429. The molecule has 0 amide bonds. The maximum atomic E-state index is 4.18. The number of anilines is 1. The Balaban J connectivity index is 1.78. The van der Waals surface area contributed by atoms with Crippen molar-refractivity contribution in [3.05, 3.63) is 18.2 Å². The van der Waals surface area contributed by atoms with Gasteiger partial charge in [0.1, 0.15) is 5.82 Å². The van der Waals surface area contributed by atoms with Gasteiger partial charge in [0.2, 0.25) is 5.13 Å². The summed E-state index contributed by atoms with van der Waals surface area (Å²) in [7, 11) is 0. The van der Waals surface area contributed by atoms with E-state index in [2.05, 4.69) is 25.0 Å². The maximum absolute atomic E-state index is 4.18. The predicted molar refractivity (Wildman–Crippen MR) is 53.2 cm³/mol. The summed E-state index contributed by atoms with van der Waals surface area (Å²) in [6, 6.07) is 0. The van der Waals surface area contributed by atoms with Gasteiger partial charge >= 0.3 is 0 Å². The molecule has 2 aromatic rings. The highest BCUT2D eigenvalue weighted by atomic mass is 32.1. The first-order chi connectivity index (χ1) is 6.84. The van der Waals surface area contributed by atoms with Crippen LogP contribution in [-0.2, 0) is 6.54 Å². The van der Waals surface area contributed by atoms with Crippen LogP contribution in [0.15, 0.2) is 12.4 Å². The van der Waals surface area contributed by atoms with Crippen molar-refractivity contribution in [3.8, 4) is 0 Å². The Bertz CT molecular complexity index is 381. The fourth-order valence-corrected chi connectivity index (χ4v) is 1.60. The maximum Gasteiger partial charge on any atom is 0.202 e. The van der Waals surface area contributed by atoms with Crippen molar-refractivity contribution in [2.75, 3.05) is 11.9 Å². The Labute approximate surface area is 85.1 Å². The average Bonchev–Trinajstić information content (AvgIpc) is 2.77. The lowest BCUT2D eigenvalue weighted by Gasteiger charge is -2.00. The number of rotatable bonds is 4. The van der Waals surface area contributed by atoms with Crippen LogP contribution in [0.25, 0.3) is 0 Å². The molecule has 0 unspecified atom stereocenters. The van der Waals surface area contributed by atoms with E-state index in [1.165, 1.54) is 11.5 Å². The minimum Gasteiger partial charge on any atom is -0.358 e. The van der Waals surface area contributed by atoms with Gasteiger partial charge < -0.3 is 5.32 Å². The molecule has 0 aromatic carbocycles. The smallest absolute Gasteiger partial charge is 0.202 e. The molecule has 6 nitrogen and oxygen atoms in total. The zero-order valence-corrected chi connectivity index (χ0v) is 8.53. The third-order valence-corrected chi connectivity index (χ3v) is 2.38. The molecule has 2 aromatic heterocycles. The van der Waals surface area contributed by atoms with Crippen molar-refractivity contribution >= 4 is 16.7 Å². The van der Waals surface area contributed by atoms with E-state index in [-0.39, 0.29) is 0 Å². The summed E-state index contributed by atoms with van der Waals surface area (Å²) in [5, 5.41) is 11.6. The lowest BCUT2D eigenvalue weighted by atomic mass is 10.6. The molecule has 0 radical (unpaired) electrons. The van der Waals surface area contributed by atoms with E-state index in [1.54, 1.807) is 10.9 Å². The summed E-state index contributed by atoms with van der Waals surface area (Å²) < 4.78 is 5.83. The molecule has 0 aliphatic heterocycles. The Hall–Kier alpha value is -1.50. The summed E-state index contributed by atoms with van der Waals surface area (Å²) in [6.07, 6.45) is 3.49. The van der Waals surface area contributed by atoms with Gasteiger partial charge in [-0.1, -0.05) is 5.21 Å². The summed E-state index contributed by atoms with van der Waals surface area (Å²) in [5.41, 5.74) is 0. The number of hydrogen-bond acceptors (Lipinski definition) is 6. The van der Waals surface area contributed by atoms with E-state index in [1.807, 2.05) is 13.1 Å². The number of aryl methyl sites for hydroxylation is 1. The Morgan fingerprint density at radius 1 is 1.57 bits per heavy atom. The molecule has 7 heteroatoms. The lowest BCUT2D eigenvalue weighted by Crippen LogP contribution is -2.10. The standard InChI is InChI=1S/C7H10N6S/c1-6-10-7(14-11-6)8-2-4-13-5-3-9-12-13/h3,5H,2,4H2,1H3,(H,8,10,11). The van der Waals surface area contributed by atoms with E-state index in [9.17, 15) is 0 Å². The molecule has 74 valence electrons. The van der Waals surface area contributed by atoms with Crippen molar-refractivity contribution in [3.63, 3.8) is 0 Å². The number of aromatic nitrogens is 5. The Morgan fingerprint density at radius 3 is 3.14 bits per heavy atom. The molecule has 14 heavy (non-hydrogen) atoms. The molecular weight excluding hydrogens is 200 g/mol. The SMILES string of the molecule is Cc1nsc(NCCn2ccnn2)n1. The molecular formula is C7H10N6S. The molecule has 0 spiro atoms. The quantitative estimate of drug-likeness (QED) is 0.798. The normalized spacial score (nSPS) is 10.4. The van der Waals surface area contributed by atoms with Crippen LogP contribution >= 0.6 is 11.5 Å². The molecule has 0 saturated carbocycles. The van der Waals surface area contributed by atoms with Crippen molar-refractivity contribution in [2.45, 2.75) is 13.5 Å². The molecule has 0 saturated heterocycles. The highest BCUT2D eigenvalue weighted by Crippen LogP contribution is 2.08. The van der Waals surface area contributed by atoms with E-state index in [0.717, 1.165) is 24.0 Å². The highest BCUT2D eigenvalue weighted by Gasteiger charge is 1.98. The summed E-state index contributed by atoms with van der Waals surface area (Å²) in [6.45, 7) is 3.43. The van der Waals surface area contributed by atoms with Gasteiger partial charge in [-0.15, -0.1) is 5.10 Å².